The van der Waals surface area contributed by atoms with Crippen LogP contribution in [0.15, 0.2) is 30.3 Å². The van der Waals surface area contributed by atoms with E-state index in [0.717, 1.165) is 12.0 Å². The summed E-state index contributed by atoms with van der Waals surface area (Å²) in [5.41, 5.74) is 1.07. The Balaban J connectivity index is 2.87. The van der Waals surface area contributed by atoms with Crippen LogP contribution in [0.25, 0.3) is 0 Å². The van der Waals surface area contributed by atoms with E-state index >= 15 is 0 Å². The van der Waals surface area contributed by atoms with Gasteiger partial charge in [0.05, 0.1) is 0 Å². The molecule has 0 aromatic heterocycles. The summed E-state index contributed by atoms with van der Waals surface area (Å²) < 4.78 is 0. The minimum absolute atomic E-state index is 0.0358. The quantitative estimate of drug-likeness (QED) is 0.842. The molecular weight excluding hydrogens is 244 g/mol. The molecule has 1 aromatic carbocycles. The Hall–Kier alpha value is -0.830. The zero-order valence-electron chi connectivity index (χ0n) is 7.98. The van der Waals surface area contributed by atoms with Crippen molar-refractivity contribution in [1.29, 1.82) is 0 Å². The predicted molar refractivity (Wildman–Crippen MR) is 59.8 cm³/mol. The largest absolute Gasteiger partial charge is 0.480 e. The van der Waals surface area contributed by atoms with E-state index in [1.807, 2.05) is 37.3 Å². The van der Waals surface area contributed by atoms with Crippen LogP contribution in [0.3, 0.4) is 0 Å². The maximum Gasteiger partial charge on any atom is 0.317 e. The van der Waals surface area contributed by atoms with Crippen molar-refractivity contribution < 1.29 is 9.90 Å². The molecule has 0 aliphatic carbocycles. The van der Waals surface area contributed by atoms with Crippen LogP contribution in [0, 0.1) is 0 Å². The van der Waals surface area contributed by atoms with Crippen LogP contribution in [0.1, 0.15) is 24.8 Å². The fourth-order valence-electron chi connectivity index (χ4n) is 1.48. The summed E-state index contributed by atoms with van der Waals surface area (Å²) in [6.07, 6.45) is 0.812. The van der Waals surface area contributed by atoms with Crippen molar-refractivity contribution in [2.75, 3.05) is 0 Å². The summed E-state index contributed by atoms with van der Waals surface area (Å²) in [5, 5.41) is 8.90. The topological polar surface area (TPSA) is 37.3 Å². The number of rotatable bonds is 4. The first kappa shape index (κ1) is 11.2. The second-order valence-electron chi connectivity index (χ2n) is 3.17. The third-order valence-corrected chi connectivity index (χ3v) is 3.29. The third-order valence-electron chi connectivity index (χ3n) is 2.26. The van der Waals surface area contributed by atoms with E-state index in [4.69, 9.17) is 5.11 Å². The van der Waals surface area contributed by atoms with Gasteiger partial charge in [0, 0.05) is 5.92 Å². The molecule has 0 radical (unpaired) electrons. The lowest BCUT2D eigenvalue weighted by Gasteiger charge is -2.17. The zero-order valence-corrected chi connectivity index (χ0v) is 9.57. The lowest BCUT2D eigenvalue weighted by Crippen LogP contribution is -2.21. The van der Waals surface area contributed by atoms with Gasteiger partial charge >= 0.3 is 5.97 Å². The highest BCUT2D eigenvalue weighted by atomic mass is 79.9. The van der Waals surface area contributed by atoms with E-state index in [-0.39, 0.29) is 5.92 Å². The molecule has 0 saturated carbocycles. The average molecular weight is 257 g/mol. The molecule has 1 aromatic rings. The van der Waals surface area contributed by atoms with Crippen molar-refractivity contribution in [2.24, 2.45) is 0 Å². The predicted octanol–water partition coefficient (Wildman–Crippen LogP) is 3.03. The fourth-order valence-corrected chi connectivity index (χ4v) is 2.16. The Bertz CT molecular complexity index is 297. The van der Waals surface area contributed by atoms with Gasteiger partial charge in [-0.05, 0) is 12.0 Å². The van der Waals surface area contributed by atoms with Gasteiger partial charge in [0.1, 0.15) is 4.83 Å². The summed E-state index contributed by atoms with van der Waals surface area (Å²) in [6.45, 7) is 1.99. The third kappa shape index (κ3) is 2.58. The molecule has 2 atom stereocenters. The average Bonchev–Trinajstić information content (AvgIpc) is 2.20. The van der Waals surface area contributed by atoms with Crippen LogP contribution < -0.4 is 0 Å². The maximum absolute atomic E-state index is 10.8. The molecule has 1 N–H and O–H groups in total. The number of hydrogen-bond donors (Lipinski definition) is 1. The highest BCUT2D eigenvalue weighted by molar-refractivity contribution is 9.10. The lowest BCUT2D eigenvalue weighted by molar-refractivity contribution is -0.136. The van der Waals surface area contributed by atoms with Crippen molar-refractivity contribution in [3.63, 3.8) is 0 Å². The van der Waals surface area contributed by atoms with Crippen LogP contribution in [-0.2, 0) is 4.79 Å². The monoisotopic (exact) mass is 256 g/mol. The molecule has 0 bridgehead atoms. The van der Waals surface area contributed by atoms with Gasteiger partial charge in [-0.3, -0.25) is 4.79 Å². The molecule has 0 spiro atoms. The Morgan fingerprint density at radius 2 is 2.00 bits per heavy atom. The van der Waals surface area contributed by atoms with Crippen LogP contribution in [-0.4, -0.2) is 15.9 Å². The normalized spacial score (nSPS) is 14.7. The number of carboxylic acids is 1. The lowest BCUT2D eigenvalue weighted by atomic mass is 9.93. The first-order valence-electron chi connectivity index (χ1n) is 4.58. The number of hydrogen-bond acceptors (Lipinski definition) is 1. The SMILES string of the molecule is CCC(c1ccccc1)C(Br)C(=O)O. The van der Waals surface area contributed by atoms with Gasteiger partial charge in [0.15, 0.2) is 0 Å². The number of benzene rings is 1. The van der Waals surface area contributed by atoms with Gasteiger partial charge < -0.3 is 5.11 Å². The number of halogens is 1. The molecule has 2 nitrogen and oxygen atoms in total. The first-order chi connectivity index (χ1) is 6.66. The van der Waals surface area contributed by atoms with Gasteiger partial charge in [0.25, 0.3) is 0 Å². The minimum atomic E-state index is -0.805. The Morgan fingerprint density at radius 1 is 1.43 bits per heavy atom. The second-order valence-corrected chi connectivity index (χ2v) is 4.15. The number of alkyl halides is 1. The van der Waals surface area contributed by atoms with Crippen LogP contribution in [0.4, 0.5) is 0 Å². The Kier molecular flexibility index (Phi) is 4.14. The van der Waals surface area contributed by atoms with E-state index < -0.39 is 10.8 Å². The Morgan fingerprint density at radius 3 is 2.43 bits per heavy atom. The molecule has 0 amide bonds. The highest BCUT2D eigenvalue weighted by Crippen LogP contribution is 2.28. The van der Waals surface area contributed by atoms with Gasteiger partial charge in [-0.25, -0.2) is 0 Å². The van der Waals surface area contributed by atoms with Crippen molar-refractivity contribution in [3.8, 4) is 0 Å². The minimum Gasteiger partial charge on any atom is -0.480 e. The maximum atomic E-state index is 10.8. The van der Waals surface area contributed by atoms with Gasteiger partial charge in [-0.2, -0.15) is 0 Å². The summed E-state index contributed by atoms with van der Waals surface area (Å²) in [5.74, 6) is -0.769. The molecule has 2 unspecified atom stereocenters. The summed E-state index contributed by atoms with van der Waals surface area (Å²) in [7, 11) is 0. The van der Waals surface area contributed by atoms with Crippen molar-refractivity contribution in [2.45, 2.75) is 24.1 Å². The molecule has 0 aliphatic rings. The van der Waals surface area contributed by atoms with Gasteiger partial charge in [-0.1, -0.05) is 53.2 Å². The highest BCUT2D eigenvalue weighted by Gasteiger charge is 2.24. The molecular formula is C11H13BrO2. The van der Waals surface area contributed by atoms with E-state index in [9.17, 15) is 4.79 Å². The van der Waals surface area contributed by atoms with E-state index in [0.29, 0.717) is 0 Å². The standard InChI is InChI=1S/C11H13BrO2/c1-2-9(10(12)11(13)14)8-6-4-3-5-7-8/h3-7,9-10H,2H2,1H3,(H,13,14). The molecule has 1 rings (SSSR count). The molecule has 0 heterocycles. The second kappa shape index (κ2) is 5.15. The van der Waals surface area contributed by atoms with Crippen molar-refractivity contribution >= 4 is 21.9 Å². The molecule has 3 heteroatoms. The van der Waals surface area contributed by atoms with Gasteiger partial charge in [-0.15, -0.1) is 0 Å². The number of carbonyl (C=O) groups is 1. The van der Waals surface area contributed by atoms with Crippen molar-refractivity contribution in [1.82, 2.24) is 0 Å². The number of carboxylic acid groups (broad SMARTS) is 1. The Labute approximate surface area is 92.1 Å². The zero-order chi connectivity index (χ0) is 10.6. The molecule has 0 aliphatic heterocycles. The molecule has 76 valence electrons. The first-order valence-corrected chi connectivity index (χ1v) is 5.50. The van der Waals surface area contributed by atoms with E-state index in [1.165, 1.54) is 0 Å². The van der Waals surface area contributed by atoms with Crippen LogP contribution in [0.5, 0.6) is 0 Å². The number of aliphatic carboxylic acids is 1. The summed E-state index contributed by atoms with van der Waals surface area (Å²) >= 11 is 3.21. The summed E-state index contributed by atoms with van der Waals surface area (Å²) in [6, 6.07) is 9.72. The molecule has 14 heavy (non-hydrogen) atoms. The van der Waals surface area contributed by atoms with Gasteiger partial charge in [0.2, 0.25) is 0 Å². The molecule has 0 fully saturated rings. The van der Waals surface area contributed by atoms with E-state index in [2.05, 4.69) is 15.9 Å². The fraction of sp³-hybridized carbons (Fsp3) is 0.364. The smallest absolute Gasteiger partial charge is 0.317 e. The van der Waals surface area contributed by atoms with Crippen LogP contribution >= 0.6 is 15.9 Å². The van der Waals surface area contributed by atoms with Crippen LogP contribution in [0.2, 0.25) is 0 Å². The van der Waals surface area contributed by atoms with E-state index in [1.54, 1.807) is 0 Å². The van der Waals surface area contributed by atoms with Crippen molar-refractivity contribution in [3.05, 3.63) is 35.9 Å². The summed E-state index contributed by atoms with van der Waals surface area (Å²) in [4.78, 5) is 10.3. The molecule has 0 saturated heterocycles.